The van der Waals surface area contributed by atoms with Crippen LogP contribution in [-0.4, -0.2) is 18.6 Å². The third-order valence-corrected chi connectivity index (χ3v) is 4.80. The van der Waals surface area contributed by atoms with Crippen LogP contribution in [0.2, 0.25) is 5.02 Å². The molecule has 2 aromatic carbocycles. The first-order valence-electron chi connectivity index (χ1n) is 7.56. The number of halogens is 2. The molecule has 3 nitrogen and oxygen atoms in total. The fourth-order valence-corrected chi connectivity index (χ4v) is 3.42. The molecule has 2 atom stereocenters. The van der Waals surface area contributed by atoms with Gasteiger partial charge in [0.2, 0.25) is 0 Å². The number of rotatable bonds is 3. The van der Waals surface area contributed by atoms with Gasteiger partial charge in [0.25, 0.3) is 0 Å². The normalized spacial score (nSPS) is 19.6. The number of carbonyl (C=O) groups is 1. The molecule has 0 aromatic heterocycles. The molecule has 23 heavy (non-hydrogen) atoms. The summed E-state index contributed by atoms with van der Waals surface area (Å²) in [5.41, 5.74) is 3.21. The Bertz CT molecular complexity index is 717. The number of ether oxygens (including phenoxy) is 1. The van der Waals surface area contributed by atoms with Gasteiger partial charge in [-0.1, -0.05) is 39.7 Å². The largest absolute Gasteiger partial charge is 0.464 e. The van der Waals surface area contributed by atoms with Crippen LogP contribution in [0.3, 0.4) is 0 Å². The van der Waals surface area contributed by atoms with Gasteiger partial charge in [0.05, 0.1) is 6.61 Å². The number of hydrogen-bond acceptors (Lipinski definition) is 3. The van der Waals surface area contributed by atoms with Gasteiger partial charge >= 0.3 is 5.97 Å². The second-order valence-electron chi connectivity index (χ2n) is 5.52. The van der Waals surface area contributed by atoms with E-state index in [1.807, 2.05) is 37.3 Å². The van der Waals surface area contributed by atoms with Gasteiger partial charge in [0, 0.05) is 21.1 Å². The minimum absolute atomic E-state index is 0.104. The minimum Gasteiger partial charge on any atom is -0.464 e. The van der Waals surface area contributed by atoms with Crippen molar-refractivity contribution in [1.29, 1.82) is 0 Å². The fraction of sp³-hybridized carbons (Fsp3) is 0.278. The van der Waals surface area contributed by atoms with Crippen LogP contribution in [0, 0.1) is 0 Å². The second-order valence-corrected chi connectivity index (χ2v) is 6.87. The van der Waals surface area contributed by atoms with Crippen LogP contribution in [0.25, 0.3) is 0 Å². The van der Waals surface area contributed by atoms with Crippen molar-refractivity contribution < 1.29 is 9.53 Å². The monoisotopic (exact) mass is 393 g/mol. The Morgan fingerprint density at radius 2 is 2.04 bits per heavy atom. The van der Waals surface area contributed by atoms with Crippen molar-refractivity contribution in [2.24, 2.45) is 0 Å². The second kappa shape index (κ2) is 6.93. The standard InChI is InChI=1S/C18H17BrClNO2/c1-2-23-18(22)17-10-14(11-3-5-12(19)6-4-11)15-9-13(20)7-8-16(15)21-17/h3-9,14,17,21H,2,10H2,1H3. The van der Waals surface area contributed by atoms with Crippen LogP contribution in [0.5, 0.6) is 0 Å². The van der Waals surface area contributed by atoms with Crippen molar-refractivity contribution in [2.45, 2.75) is 25.3 Å². The summed E-state index contributed by atoms with van der Waals surface area (Å²) in [6.07, 6.45) is 0.647. The summed E-state index contributed by atoms with van der Waals surface area (Å²) in [5, 5.41) is 3.97. The molecule has 0 radical (unpaired) electrons. The Balaban J connectivity index is 2.00. The smallest absolute Gasteiger partial charge is 0.328 e. The number of benzene rings is 2. The Morgan fingerprint density at radius 3 is 2.74 bits per heavy atom. The van der Waals surface area contributed by atoms with Gasteiger partial charge in [-0.2, -0.15) is 0 Å². The Hall–Kier alpha value is -1.52. The zero-order chi connectivity index (χ0) is 16.4. The number of hydrogen-bond donors (Lipinski definition) is 1. The number of esters is 1. The molecule has 0 aliphatic carbocycles. The first kappa shape index (κ1) is 16.3. The van der Waals surface area contributed by atoms with Crippen molar-refractivity contribution in [1.82, 2.24) is 0 Å². The van der Waals surface area contributed by atoms with E-state index in [9.17, 15) is 4.79 Å². The van der Waals surface area contributed by atoms with Crippen LogP contribution in [0.1, 0.15) is 30.4 Å². The van der Waals surface area contributed by atoms with Crippen molar-refractivity contribution >= 4 is 39.2 Å². The van der Waals surface area contributed by atoms with E-state index >= 15 is 0 Å². The maximum absolute atomic E-state index is 12.2. The molecule has 3 rings (SSSR count). The van der Waals surface area contributed by atoms with E-state index in [1.165, 1.54) is 0 Å². The Kier molecular flexibility index (Phi) is 4.93. The average molecular weight is 395 g/mol. The predicted molar refractivity (Wildman–Crippen MR) is 96.1 cm³/mol. The van der Waals surface area contributed by atoms with E-state index in [2.05, 4.69) is 33.4 Å². The number of fused-ring (bicyclic) bond motifs is 1. The van der Waals surface area contributed by atoms with Crippen LogP contribution in [0.4, 0.5) is 5.69 Å². The lowest BCUT2D eigenvalue weighted by Gasteiger charge is -2.32. The van der Waals surface area contributed by atoms with Crippen LogP contribution in [-0.2, 0) is 9.53 Å². The maximum Gasteiger partial charge on any atom is 0.328 e. The molecule has 2 unspecified atom stereocenters. The zero-order valence-corrected chi connectivity index (χ0v) is 15.0. The number of nitrogens with one attached hydrogen (secondary N) is 1. The molecule has 1 N–H and O–H groups in total. The van der Waals surface area contributed by atoms with Gasteiger partial charge in [-0.3, -0.25) is 0 Å². The summed E-state index contributed by atoms with van der Waals surface area (Å²) >= 11 is 9.64. The number of anilines is 1. The summed E-state index contributed by atoms with van der Waals surface area (Å²) in [7, 11) is 0. The van der Waals surface area contributed by atoms with Gasteiger partial charge in [0.1, 0.15) is 6.04 Å². The molecule has 0 fully saturated rings. The van der Waals surface area contributed by atoms with Gasteiger partial charge in [-0.05, 0) is 54.8 Å². The minimum atomic E-state index is -0.350. The topological polar surface area (TPSA) is 38.3 Å². The SMILES string of the molecule is CCOC(=O)C1CC(c2ccc(Br)cc2)c2cc(Cl)ccc2N1. The lowest BCUT2D eigenvalue weighted by atomic mass is 9.82. The molecule has 1 aliphatic heterocycles. The molecule has 0 amide bonds. The quantitative estimate of drug-likeness (QED) is 0.746. The Morgan fingerprint density at radius 1 is 1.30 bits per heavy atom. The van der Waals surface area contributed by atoms with E-state index in [0.717, 1.165) is 21.3 Å². The molecule has 2 aromatic rings. The molecule has 0 spiro atoms. The first-order valence-corrected chi connectivity index (χ1v) is 8.73. The van der Waals surface area contributed by atoms with Gasteiger partial charge in [0.15, 0.2) is 0 Å². The van der Waals surface area contributed by atoms with E-state index in [4.69, 9.17) is 16.3 Å². The summed E-state index contributed by atoms with van der Waals surface area (Å²) < 4.78 is 6.22. The van der Waals surface area contributed by atoms with Crippen LogP contribution < -0.4 is 5.32 Å². The summed E-state index contributed by atoms with van der Waals surface area (Å²) in [6, 6.07) is 13.6. The third-order valence-electron chi connectivity index (χ3n) is 4.03. The van der Waals surface area contributed by atoms with E-state index in [1.54, 1.807) is 0 Å². The highest BCUT2D eigenvalue weighted by Crippen LogP contribution is 2.40. The van der Waals surface area contributed by atoms with Gasteiger partial charge < -0.3 is 10.1 Å². The molecular weight excluding hydrogens is 378 g/mol. The van der Waals surface area contributed by atoms with Crippen molar-refractivity contribution in [3.63, 3.8) is 0 Å². The average Bonchev–Trinajstić information content (AvgIpc) is 2.55. The van der Waals surface area contributed by atoms with E-state index in [-0.39, 0.29) is 17.9 Å². The summed E-state index contributed by atoms with van der Waals surface area (Å²) in [5.74, 6) is -0.109. The molecule has 1 aliphatic rings. The molecule has 0 saturated heterocycles. The lowest BCUT2D eigenvalue weighted by molar-refractivity contribution is -0.144. The van der Waals surface area contributed by atoms with E-state index < -0.39 is 0 Å². The maximum atomic E-state index is 12.2. The molecule has 0 bridgehead atoms. The molecule has 5 heteroatoms. The van der Waals surface area contributed by atoms with E-state index in [0.29, 0.717) is 18.1 Å². The van der Waals surface area contributed by atoms with Crippen LogP contribution >= 0.6 is 27.5 Å². The first-order chi connectivity index (χ1) is 11.1. The zero-order valence-electron chi connectivity index (χ0n) is 12.7. The number of carbonyl (C=O) groups excluding carboxylic acids is 1. The predicted octanol–water partition coefficient (Wildman–Crippen LogP) is 4.98. The van der Waals surface area contributed by atoms with Crippen molar-refractivity contribution in [2.75, 3.05) is 11.9 Å². The molecule has 0 saturated carbocycles. The summed E-state index contributed by atoms with van der Waals surface area (Å²) in [4.78, 5) is 12.2. The summed E-state index contributed by atoms with van der Waals surface area (Å²) in [6.45, 7) is 2.20. The van der Waals surface area contributed by atoms with Crippen LogP contribution in [0.15, 0.2) is 46.9 Å². The highest BCUT2D eigenvalue weighted by Gasteiger charge is 2.32. The van der Waals surface area contributed by atoms with Gasteiger partial charge in [-0.25, -0.2) is 4.79 Å². The molecular formula is C18H17BrClNO2. The highest BCUT2D eigenvalue weighted by atomic mass is 79.9. The fourth-order valence-electron chi connectivity index (χ4n) is 2.97. The lowest BCUT2D eigenvalue weighted by Crippen LogP contribution is -2.36. The molecule has 1 heterocycles. The molecule has 120 valence electrons. The third kappa shape index (κ3) is 3.54. The Labute approximate surface area is 149 Å². The highest BCUT2D eigenvalue weighted by molar-refractivity contribution is 9.10. The van der Waals surface area contributed by atoms with Crippen molar-refractivity contribution in [3.8, 4) is 0 Å². The van der Waals surface area contributed by atoms with Gasteiger partial charge in [-0.15, -0.1) is 0 Å². The van der Waals surface area contributed by atoms with Crippen molar-refractivity contribution in [3.05, 3.63) is 63.1 Å².